The van der Waals surface area contributed by atoms with Crippen LogP contribution in [0.4, 0.5) is 11.6 Å². The Hall–Kier alpha value is -3.97. The van der Waals surface area contributed by atoms with E-state index < -0.39 is 11.9 Å². The predicted octanol–water partition coefficient (Wildman–Crippen LogP) is 4.79. The number of carbonyl (C=O) groups excluding carboxylic acids is 1. The molecule has 0 atom stereocenters. The van der Waals surface area contributed by atoms with E-state index in [0.29, 0.717) is 21.9 Å². The predicted molar refractivity (Wildman–Crippen MR) is 120 cm³/mol. The number of carboxylic acid groups (broad SMARTS) is 1. The third-order valence-electron chi connectivity index (χ3n) is 4.81. The fourth-order valence-corrected chi connectivity index (χ4v) is 3.40. The van der Waals surface area contributed by atoms with Crippen molar-refractivity contribution in [3.8, 4) is 11.3 Å². The summed E-state index contributed by atoms with van der Waals surface area (Å²) >= 11 is 6.16. The zero-order valence-electron chi connectivity index (χ0n) is 16.4. The first-order valence-electron chi connectivity index (χ1n) is 9.30. The van der Waals surface area contributed by atoms with Gasteiger partial charge in [0.1, 0.15) is 0 Å². The lowest BCUT2D eigenvalue weighted by molar-refractivity contribution is 0.0697. The van der Waals surface area contributed by atoms with Crippen LogP contribution in [0.25, 0.3) is 22.2 Å². The third-order valence-corrected chi connectivity index (χ3v) is 5.04. The molecule has 8 heteroatoms. The van der Waals surface area contributed by atoms with Gasteiger partial charge < -0.3 is 16.2 Å². The van der Waals surface area contributed by atoms with E-state index in [0.717, 1.165) is 16.5 Å². The van der Waals surface area contributed by atoms with Gasteiger partial charge in [0, 0.05) is 27.2 Å². The normalized spacial score (nSPS) is 10.8. The molecule has 0 aliphatic rings. The molecular formula is C23H17ClN4O3. The molecule has 0 aliphatic heterocycles. The lowest BCUT2D eigenvalue weighted by Gasteiger charge is -2.12. The second kappa shape index (κ2) is 8.04. The van der Waals surface area contributed by atoms with Crippen LogP contribution in [0, 0.1) is 6.92 Å². The van der Waals surface area contributed by atoms with Crippen LogP contribution in [0.3, 0.4) is 0 Å². The summed E-state index contributed by atoms with van der Waals surface area (Å²) in [6.07, 6.45) is 0. The Kier molecular flexibility index (Phi) is 5.27. The lowest BCUT2D eigenvalue weighted by Crippen LogP contribution is -2.13. The van der Waals surface area contributed by atoms with Crippen molar-refractivity contribution in [2.24, 2.45) is 0 Å². The Bertz CT molecular complexity index is 1350. The zero-order valence-corrected chi connectivity index (χ0v) is 17.1. The largest absolute Gasteiger partial charge is 0.478 e. The zero-order chi connectivity index (χ0) is 22.1. The van der Waals surface area contributed by atoms with Gasteiger partial charge in [0.25, 0.3) is 5.91 Å². The number of aryl methyl sites for hydroxylation is 1. The highest BCUT2D eigenvalue weighted by Crippen LogP contribution is 2.31. The average molecular weight is 433 g/mol. The highest BCUT2D eigenvalue weighted by molar-refractivity contribution is 6.31. The van der Waals surface area contributed by atoms with Gasteiger partial charge in [-0.3, -0.25) is 4.79 Å². The van der Waals surface area contributed by atoms with Crippen LogP contribution in [-0.4, -0.2) is 27.0 Å². The van der Waals surface area contributed by atoms with Crippen molar-refractivity contribution in [1.82, 2.24) is 9.97 Å². The molecule has 1 aromatic heterocycles. The van der Waals surface area contributed by atoms with Gasteiger partial charge in [0.2, 0.25) is 5.95 Å². The number of aromatic nitrogens is 2. The second-order valence-electron chi connectivity index (χ2n) is 6.96. The first kappa shape index (κ1) is 20.3. The summed E-state index contributed by atoms with van der Waals surface area (Å²) in [6, 6.07) is 16.6. The highest BCUT2D eigenvalue weighted by Gasteiger charge is 2.14. The first-order valence-corrected chi connectivity index (χ1v) is 9.68. The molecule has 3 aromatic carbocycles. The third kappa shape index (κ3) is 4.17. The molecule has 1 heterocycles. The van der Waals surface area contributed by atoms with Crippen LogP contribution in [-0.2, 0) is 0 Å². The maximum absolute atomic E-state index is 12.7. The molecule has 31 heavy (non-hydrogen) atoms. The number of nitrogen functional groups attached to an aromatic ring is 1. The smallest absolute Gasteiger partial charge is 0.335 e. The van der Waals surface area contributed by atoms with Gasteiger partial charge in [-0.25, -0.2) is 14.8 Å². The van der Waals surface area contributed by atoms with Crippen LogP contribution in [0.15, 0.2) is 60.7 Å². The number of hydrogen-bond donors (Lipinski definition) is 3. The molecule has 4 N–H and O–H groups in total. The number of carboxylic acids is 1. The number of fused-ring (bicyclic) bond motifs is 1. The SMILES string of the molecule is Cc1ccc(-c2nc(N)nc3ccc(Cl)cc23)cc1NC(=O)c1cccc(C(=O)O)c1. The number of nitrogens with one attached hydrogen (secondary N) is 1. The number of rotatable bonds is 4. The maximum Gasteiger partial charge on any atom is 0.335 e. The molecule has 0 radical (unpaired) electrons. The molecule has 0 bridgehead atoms. The van der Waals surface area contributed by atoms with Gasteiger partial charge >= 0.3 is 5.97 Å². The molecule has 4 aromatic rings. The number of nitrogens with zero attached hydrogens (tertiary/aromatic N) is 2. The Morgan fingerprint density at radius 3 is 2.55 bits per heavy atom. The van der Waals surface area contributed by atoms with E-state index in [2.05, 4.69) is 15.3 Å². The van der Waals surface area contributed by atoms with Crippen LogP contribution in [0.2, 0.25) is 5.02 Å². The van der Waals surface area contributed by atoms with Crippen LogP contribution >= 0.6 is 11.6 Å². The molecule has 0 unspecified atom stereocenters. The van der Waals surface area contributed by atoms with Crippen LogP contribution < -0.4 is 11.1 Å². The molecule has 1 amide bonds. The Balaban J connectivity index is 1.74. The molecule has 0 aliphatic carbocycles. The van der Waals surface area contributed by atoms with Crippen molar-refractivity contribution in [2.75, 3.05) is 11.1 Å². The van der Waals surface area contributed by atoms with E-state index in [9.17, 15) is 9.59 Å². The van der Waals surface area contributed by atoms with E-state index in [-0.39, 0.29) is 17.1 Å². The molecule has 154 valence electrons. The van der Waals surface area contributed by atoms with Crippen molar-refractivity contribution in [2.45, 2.75) is 6.92 Å². The molecule has 7 nitrogen and oxygen atoms in total. The molecule has 0 fully saturated rings. The summed E-state index contributed by atoms with van der Waals surface area (Å²) in [6.45, 7) is 1.86. The number of anilines is 2. The fraction of sp³-hybridized carbons (Fsp3) is 0.0435. The van der Waals surface area contributed by atoms with Gasteiger partial charge in [-0.2, -0.15) is 0 Å². The van der Waals surface area contributed by atoms with Crippen LogP contribution in [0.1, 0.15) is 26.3 Å². The maximum atomic E-state index is 12.7. The van der Waals surface area contributed by atoms with Gasteiger partial charge in [-0.1, -0.05) is 29.8 Å². The van der Waals surface area contributed by atoms with Crippen molar-refractivity contribution in [3.63, 3.8) is 0 Å². The highest BCUT2D eigenvalue weighted by atomic mass is 35.5. The standard InChI is InChI=1S/C23H17ClN4O3/c1-12-5-6-13(20-17-11-16(24)7-8-18(17)27-23(25)28-20)10-19(12)26-21(29)14-3-2-4-15(9-14)22(30)31/h2-11H,1H3,(H,26,29)(H,30,31)(H2,25,27,28). The number of hydrogen-bond acceptors (Lipinski definition) is 5. The Morgan fingerprint density at radius 2 is 1.77 bits per heavy atom. The molecule has 0 spiro atoms. The topological polar surface area (TPSA) is 118 Å². The van der Waals surface area contributed by atoms with E-state index in [4.69, 9.17) is 22.4 Å². The van der Waals surface area contributed by atoms with Crippen molar-refractivity contribution < 1.29 is 14.7 Å². The molecule has 0 saturated heterocycles. The van der Waals surface area contributed by atoms with E-state index in [1.807, 2.05) is 19.1 Å². The summed E-state index contributed by atoms with van der Waals surface area (Å²) in [5.74, 6) is -1.39. The minimum absolute atomic E-state index is 0.0398. The first-order chi connectivity index (χ1) is 14.8. The van der Waals surface area contributed by atoms with E-state index in [1.165, 1.54) is 18.2 Å². The number of benzene rings is 3. The summed E-state index contributed by atoms with van der Waals surface area (Å²) < 4.78 is 0. The molecule has 4 rings (SSSR count). The minimum Gasteiger partial charge on any atom is -0.478 e. The van der Waals surface area contributed by atoms with Crippen molar-refractivity contribution >= 4 is 46.0 Å². The van der Waals surface area contributed by atoms with Gasteiger partial charge in [0.15, 0.2) is 0 Å². The number of amides is 1. The Labute approximate surface area is 182 Å². The Morgan fingerprint density at radius 1 is 1.00 bits per heavy atom. The summed E-state index contributed by atoms with van der Waals surface area (Å²) in [7, 11) is 0. The summed E-state index contributed by atoms with van der Waals surface area (Å²) in [5.41, 5.74) is 9.54. The quantitative estimate of drug-likeness (QED) is 0.426. The van der Waals surface area contributed by atoms with E-state index in [1.54, 1.807) is 30.3 Å². The lowest BCUT2D eigenvalue weighted by atomic mass is 10.0. The summed E-state index contributed by atoms with van der Waals surface area (Å²) in [4.78, 5) is 32.5. The molecule has 0 saturated carbocycles. The van der Waals surface area contributed by atoms with Gasteiger partial charge in [-0.05, 0) is 55.0 Å². The number of nitrogens with two attached hydrogens (primary N) is 1. The van der Waals surface area contributed by atoms with Crippen molar-refractivity contribution in [1.29, 1.82) is 0 Å². The fourth-order valence-electron chi connectivity index (χ4n) is 3.23. The van der Waals surface area contributed by atoms with Crippen LogP contribution in [0.5, 0.6) is 0 Å². The number of carbonyl (C=O) groups is 2. The monoisotopic (exact) mass is 432 g/mol. The van der Waals surface area contributed by atoms with Gasteiger partial charge in [0.05, 0.1) is 16.8 Å². The molecular weight excluding hydrogens is 416 g/mol. The second-order valence-corrected chi connectivity index (χ2v) is 7.40. The van der Waals surface area contributed by atoms with E-state index >= 15 is 0 Å². The van der Waals surface area contributed by atoms with Crippen molar-refractivity contribution in [3.05, 3.63) is 82.4 Å². The minimum atomic E-state index is -1.10. The number of halogens is 1. The summed E-state index contributed by atoms with van der Waals surface area (Å²) in [5, 5.41) is 13.3. The number of aromatic carboxylic acids is 1. The average Bonchev–Trinajstić information content (AvgIpc) is 2.75. The van der Waals surface area contributed by atoms with Gasteiger partial charge in [-0.15, -0.1) is 0 Å².